The molecule has 0 bridgehead atoms. The number of hydrogen-bond acceptors (Lipinski definition) is 4. The fourth-order valence-electron chi connectivity index (χ4n) is 3.39. The molecular weight excluding hydrogens is 400 g/mol. The van der Waals surface area contributed by atoms with Crippen molar-refractivity contribution in [3.05, 3.63) is 101 Å². The summed E-state index contributed by atoms with van der Waals surface area (Å²) in [5.41, 5.74) is 5.40. The van der Waals surface area contributed by atoms with Gasteiger partial charge in [-0.3, -0.25) is 4.79 Å². The molecule has 2 heterocycles. The lowest BCUT2D eigenvalue weighted by atomic mass is 9.99. The van der Waals surface area contributed by atoms with Gasteiger partial charge in [0, 0.05) is 17.3 Å². The van der Waals surface area contributed by atoms with Crippen LogP contribution >= 0.6 is 0 Å². The molecule has 2 aromatic carbocycles. The van der Waals surface area contributed by atoms with Crippen LogP contribution in [0.1, 0.15) is 22.5 Å². The normalized spacial score (nSPS) is 11.2. The molecule has 0 saturated heterocycles. The number of aryl methyl sites for hydroxylation is 2. The summed E-state index contributed by atoms with van der Waals surface area (Å²) in [6, 6.07) is 21.4. The first-order chi connectivity index (χ1) is 15.5. The van der Waals surface area contributed by atoms with Gasteiger partial charge in [-0.25, -0.2) is 4.68 Å². The van der Waals surface area contributed by atoms with E-state index in [4.69, 9.17) is 9.52 Å². The van der Waals surface area contributed by atoms with Crippen LogP contribution in [0.2, 0.25) is 0 Å². The molecule has 0 aliphatic heterocycles. The molecular formula is C26H22N4O2. The highest BCUT2D eigenvalue weighted by atomic mass is 16.3. The predicted octanol–water partition coefficient (Wildman–Crippen LogP) is 4.97. The van der Waals surface area contributed by atoms with Gasteiger partial charge in [0.2, 0.25) is 0 Å². The molecule has 0 spiro atoms. The summed E-state index contributed by atoms with van der Waals surface area (Å²) in [7, 11) is 0. The zero-order valence-corrected chi connectivity index (χ0v) is 17.9. The molecule has 6 nitrogen and oxygen atoms in total. The first kappa shape index (κ1) is 20.9. The summed E-state index contributed by atoms with van der Waals surface area (Å²) in [6.45, 7) is 4.25. The molecule has 32 heavy (non-hydrogen) atoms. The van der Waals surface area contributed by atoms with E-state index in [0.717, 1.165) is 22.4 Å². The lowest BCUT2D eigenvalue weighted by Crippen LogP contribution is -2.23. The molecule has 158 valence electrons. The van der Waals surface area contributed by atoms with Crippen LogP contribution in [-0.4, -0.2) is 15.7 Å². The van der Waals surface area contributed by atoms with Crippen LogP contribution in [0.15, 0.2) is 83.1 Å². The quantitative estimate of drug-likeness (QED) is 0.351. The van der Waals surface area contributed by atoms with Crippen molar-refractivity contribution >= 4 is 12.0 Å². The molecule has 1 N–H and O–H groups in total. The Kier molecular flexibility index (Phi) is 6.00. The second-order valence-electron chi connectivity index (χ2n) is 7.46. The van der Waals surface area contributed by atoms with E-state index in [1.54, 1.807) is 22.9 Å². The van der Waals surface area contributed by atoms with Crippen molar-refractivity contribution in [2.75, 3.05) is 0 Å². The van der Waals surface area contributed by atoms with E-state index in [0.29, 0.717) is 17.0 Å². The molecule has 4 aromatic rings. The fourth-order valence-corrected chi connectivity index (χ4v) is 3.39. The molecule has 0 saturated carbocycles. The minimum Gasteiger partial charge on any atom is -0.467 e. The Bertz CT molecular complexity index is 1310. The number of carbonyl (C=O) groups is 1. The summed E-state index contributed by atoms with van der Waals surface area (Å²) >= 11 is 0. The predicted molar refractivity (Wildman–Crippen MR) is 123 cm³/mol. The molecule has 4 rings (SSSR count). The van der Waals surface area contributed by atoms with Crippen molar-refractivity contribution in [2.24, 2.45) is 0 Å². The van der Waals surface area contributed by atoms with Gasteiger partial charge in [-0.15, -0.1) is 0 Å². The van der Waals surface area contributed by atoms with E-state index in [9.17, 15) is 10.1 Å². The number of furan rings is 1. The molecule has 2 aromatic heterocycles. The second kappa shape index (κ2) is 9.19. The Labute approximate surface area is 186 Å². The smallest absolute Gasteiger partial charge is 0.262 e. The number of benzene rings is 2. The summed E-state index contributed by atoms with van der Waals surface area (Å²) in [5, 5.41) is 17.2. The third-order valence-electron chi connectivity index (χ3n) is 5.08. The summed E-state index contributed by atoms with van der Waals surface area (Å²) < 4.78 is 7.00. The minimum absolute atomic E-state index is 0.00396. The van der Waals surface area contributed by atoms with Crippen LogP contribution in [0.4, 0.5) is 0 Å². The zero-order valence-electron chi connectivity index (χ0n) is 17.9. The molecule has 0 aliphatic carbocycles. The van der Waals surface area contributed by atoms with Gasteiger partial charge in [0.15, 0.2) is 0 Å². The first-order valence-electron chi connectivity index (χ1n) is 10.2. The number of nitriles is 1. The summed E-state index contributed by atoms with van der Waals surface area (Å²) in [5.74, 6) is 0.145. The Balaban J connectivity index is 1.75. The zero-order chi connectivity index (χ0) is 22.5. The van der Waals surface area contributed by atoms with Crippen molar-refractivity contribution in [3.8, 4) is 23.0 Å². The molecule has 0 aliphatic rings. The van der Waals surface area contributed by atoms with Gasteiger partial charge in [0.05, 0.1) is 18.5 Å². The van der Waals surface area contributed by atoms with Crippen LogP contribution in [-0.2, 0) is 11.3 Å². The summed E-state index contributed by atoms with van der Waals surface area (Å²) in [4.78, 5) is 12.6. The van der Waals surface area contributed by atoms with E-state index in [-0.39, 0.29) is 12.1 Å². The number of nitrogens with zero attached hydrogens (tertiary/aromatic N) is 3. The van der Waals surface area contributed by atoms with Crippen molar-refractivity contribution in [2.45, 2.75) is 20.4 Å². The molecule has 0 fully saturated rings. The van der Waals surface area contributed by atoms with Gasteiger partial charge in [-0.1, -0.05) is 35.9 Å². The number of aromatic nitrogens is 2. The Hall–Kier alpha value is -4.37. The topological polar surface area (TPSA) is 83.8 Å². The fraction of sp³-hybridized carbons (Fsp3) is 0.115. The number of nitrogens with one attached hydrogen (secondary N) is 1. The number of hydrogen-bond donors (Lipinski definition) is 1. The molecule has 1 amide bonds. The van der Waals surface area contributed by atoms with Crippen molar-refractivity contribution in [1.82, 2.24) is 15.1 Å². The van der Waals surface area contributed by atoms with Crippen LogP contribution in [0.3, 0.4) is 0 Å². The SMILES string of the molecule is Cc1ccc(C)c(-c2nn(-c3ccccc3)cc2/C=C(\C#N)C(=O)NCc2ccco2)c1. The third kappa shape index (κ3) is 4.52. The van der Waals surface area contributed by atoms with Crippen LogP contribution < -0.4 is 5.32 Å². The molecule has 0 atom stereocenters. The highest BCUT2D eigenvalue weighted by molar-refractivity contribution is 6.02. The van der Waals surface area contributed by atoms with Crippen molar-refractivity contribution < 1.29 is 9.21 Å². The first-order valence-corrected chi connectivity index (χ1v) is 10.2. The Morgan fingerprint density at radius 1 is 1.16 bits per heavy atom. The number of para-hydroxylation sites is 1. The van der Waals surface area contributed by atoms with E-state index < -0.39 is 5.91 Å². The van der Waals surface area contributed by atoms with E-state index >= 15 is 0 Å². The summed E-state index contributed by atoms with van der Waals surface area (Å²) in [6.07, 6.45) is 4.96. The number of amides is 1. The van der Waals surface area contributed by atoms with Gasteiger partial charge in [-0.2, -0.15) is 10.4 Å². The highest BCUT2D eigenvalue weighted by Gasteiger charge is 2.16. The monoisotopic (exact) mass is 422 g/mol. The highest BCUT2D eigenvalue weighted by Crippen LogP contribution is 2.29. The van der Waals surface area contributed by atoms with Gasteiger partial charge in [-0.05, 0) is 55.8 Å². The Morgan fingerprint density at radius 3 is 2.69 bits per heavy atom. The largest absolute Gasteiger partial charge is 0.467 e. The van der Waals surface area contributed by atoms with Gasteiger partial charge < -0.3 is 9.73 Å². The van der Waals surface area contributed by atoms with Crippen LogP contribution in [0.5, 0.6) is 0 Å². The molecule has 6 heteroatoms. The van der Waals surface area contributed by atoms with Crippen molar-refractivity contribution in [1.29, 1.82) is 5.26 Å². The lowest BCUT2D eigenvalue weighted by Gasteiger charge is -2.06. The van der Waals surface area contributed by atoms with E-state index in [2.05, 4.69) is 11.4 Å². The maximum Gasteiger partial charge on any atom is 0.262 e. The minimum atomic E-state index is -0.469. The Morgan fingerprint density at radius 2 is 1.97 bits per heavy atom. The average Bonchev–Trinajstić information content (AvgIpc) is 3.48. The standard InChI is InChI=1S/C26H22N4O2/c1-18-10-11-19(2)24(13-18)25-21(17-30(29-25)22-7-4-3-5-8-22)14-20(15-27)26(31)28-16-23-9-6-12-32-23/h3-14,17H,16H2,1-2H3,(H,28,31)/b20-14+. The van der Waals surface area contributed by atoms with Gasteiger partial charge >= 0.3 is 0 Å². The average molecular weight is 422 g/mol. The van der Waals surface area contributed by atoms with Crippen LogP contribution in [0.25, 0.3) is 23.0 Å². The molecule has 0 radical (unpaired) electrons. The molecule has 0 unspecified atom stereocenters. The van der Waals surface area contributed by atoms with Gasteiger partial charge in [0.25, 0.3) is 5.91 Å². The second-order valence-corrected chi connectivity index (χ2v) is 7.46. The number of carbonyl (C=O) groups excluding carboxylic acids is 1. The maximum atomic E-state index is 12.6. The number of rotatable bonds is 6. The van der Waals surface area contributed by atoms with E-state index in [1.165, 1.54) is 6.26 Å². The van der Waals surface area contributed by atoms with Crippen molar-refractivity contribution in [3.63, 3.8) is 0 Å². The lowest BCUT2D eigenvalue weighted by molar-refractivity contribution is -0.117. The third-order valence-corrected chi connectivity index (χ3v) is 5.08. The van der Waals surface area contributed by atoms with Crippen LogP contribution in [0, 0.1) is 25.2 Å². The van der Waals surface area contributed by atoms with Gasteiger partial charge in [0.1, 0.15) is 23.1 Å². The maximum absolute atomic E-state index is 12.6. The van der Waals surface area contributed by atoms with E-state index in [1.807, 2.05) is 68.6 Å².